The highest BCUT2D eigenvalue weighted by Gasteiger charge is 2.51. The predicted octanol–water partition coefficient (Wildman–Crippen LogP) is 3.01. The molecule has 0 bridgehead atoms. The van der Waals surface area contributed by atoms with E-state index in [-0.39, 0.29) is 29.1 Å². The van der Waals surface area contributed by atoms with E-state index in [4.69, 9.17) is 5.11 Å². The molecule has 7 nitrogen and oxygen atoms in total. The van der Waals surface area contributed by atoms with Crippen LogP contribution >= 0.6 is 0 Å². The highest BCUT2D eigenvalue weighted by atomic mass is 32.2. The highest BCUT2D eigenvalue weighted by Crippen LogP contribution is 2.45. The fraction of sp³-hybridized carbons (Fsp3) is 0.652. The summed E-state index contributed by atoms with van der Waals surface area (Å²) in [5, 5.41) is 9.11. The number of carbonyl (C=O) groups excluding carboxylic acids is 1. The van der Waals surface area contributed by atoms with Crippen LogP contribution in [0.3, 0.4) is 0 Å². The Bertz CT molecular complexity index is 928. The average Bonchev–Trinajstić information content (AvgIpc) is 2.75. The second-order valence-corrected chi connectivity index (χ2v) is 11.1. The van der Waals surface area contributed by atoms with E-state index < -0.39 is 16.0 Å². The maximum atomic E-state index is 13.7. The number of carboxylic acid groups (broad SMARTS) is 1. The lowest BCUT2D eigenvalue weighted by atomic mass is 9.70. The van der Waals surface area contributed by atoms with Crippen molar-refractivity contribution in [2.24, 2.45) is 11.8 Å². The van der Waals surface area contributed by atoms with Gasteiger partial charge in [0.1, 0.15) is 0 Å². The summed E-state index contributed by atoms with van der Waals surface area (Å²) < 4.78 is 29.1. The molecule has 0 aliphatic carbocycles. The van der Waals surface area contributed by atoms with Crippen molar-refractivity contribution in [3.8, 4) is 0 Å². The molecule has 3 aliphatic rings. The van der Waals surface area contributed by atoms with Crippen molar-refractivity contribution in [1.29, 1.82) is 0 Å². The summed E-state index contributed by atoms with van der Waals surface area (Å²) in [6.45, 7) is 4.12. The van der Waals surface area contributed by atoms with Crippen LogP contribution < -0.4 is 0 Å². The molecule has 0 aromatic heterocycles. The molecule has 1 aromatic carbocycles. The molecular formula is C23H32N2O5S. The zero-order valence-electron chi connectivity index (χ0n) is 18.1. The van der Waals surface area contributed by atoms with Gasteiger partial charge in [-0.05, 0) is 82.5 Å². The van der Waals surface area contributed by atoms with E-state index in [0.29, 0.717) is 36.9 Å². The molecule has 3 saturated heterocycles. The zero-order valence-corrected chi connectivity index (χ0v) is 18.9. The van der Waals surface area contributed by atoms with Crippen LogP contribution in [0.2, 0.25) is 0 Å². The number of carboxylic acids is 1. The molecule has 1 aromatic rings. The Morgan fingerprint density at radius 2 is 1.77 bits per heavy atom. The quantitative estimate of drug-likeness (QED) is 0.645. The van der Waals surface area contributed by atoms with Gasteiger partial charge < -0.3 is 5.11 Å². The van der Waals surface area contributed by atoms with E-state index in [9.17, 15) is 18.0 Å². The second-order valence-electron chi connectivity index (χ2n) is 9.24. The lowest BCUT2D eigenvalue weighted by molar-refractivity contribution is -0.137. The lowest BCUT2D eigenvalue weighted by Crippen LogP contribution is -2.65. The summed E-state index contributed by atoms with van der Waals surface area (Å²) in [4.78, 5) is 25.5. The van der Waals surface area contributed by atoms with Gasteiger partial charge in [-0.25, -0.2) is 8.42 Å². The number of hydrogen-bond acceptors (Lipinski definition) is 5. The van der Waals surface area contributed by atoms with Crippen LogP contribution in [0.5, 0.6) is 0 Å². The SMILES string of the molecule is CC(=O)c1ccc(S(=O)(=O)N2C[C@@H]3CCCN4CCC[C@@H]([C@H]34)[C@H]2CCCC(=O)O)cc1. The molecule has 0 amide bonds. The summed E-state index contributed by atoms with van der Waals surface area (Å²) in [5.41, 5.74) is 0.492. The van der Waals surface area contributed by atoms with Gasteiger partial charge in [-0.15, -0.1) is 0 Å². The van der Waals surface area contributed by atoms with Gasteiger partial charge in [0.25, 0.3) is 0 Å². The molecule has 0 saturated carbocycles. The van der Waals surface area contributed by atoms with Crippen molar-refractivity contribution in [3.63, 3.8) is 0 Å². The number of piperidine rings is 3. The van der Waals surface area contributed by atoms with Crippen molar-refractivity contribution in [3.05, 3.63) is 29.8 Å². The minimum atomic E-state index is -3.74. The molecule has 8 heteroatoms. The first kappa shape index (κ1) is 22.4. The Morgan fingerprint density at radius 3 is 2.42 bits per heavy atom. The molecule has 4 atom stereocenters. The number of ketones is 1. The third-order valence-corrected chi connectivity index (χ3v) is 9.29. The molecular weight excluding hydrogens is 416 g/mol. The zero-order chi connectivity index (χ0) is 22.2. The normalized spacial score (nSPS) is 29.3. The Morgan fingerprint density at radius 1 is 1.10 bits per heavy atom. The molecule has 170 valence electrons. The minimum Gasteiger partial charge on any atom is -0.481 e. The van der Waals surface area contributed by atoms with Crippen LogP contribution in [-0.2, 0) is 14.8 Å². The fourth-order valence-corrected chi connectivity index (χ4v) is 7.81. The van der Waals surface area contributed by atoms with Crippen molar-refractivity contribution in [2.45, 2.75) is 68.8 Å². The van der Waals surface area contributed by atoms with Gasteiger partial charge in [-0.2, -0.15) is 4.31 Å². The number of Topliss-reactive ketones (excluding diaryl/α,β-unsaturated/α-hetero) is 1. The topological polar surface area (TPSA) is 95.0 Å². The van der Waals surface area contributed by atoms with Gasteiger partial charge in [-0.3, -0.25) is 14.5 Å². The third-order valence-electron chi connectivity index (χ3n) is 7.38. The monoisotopic (exact) mass is 448 g/mol. The van der Waals surface area contributed by atoms with Crippen molar-refractivity contribution in [2.75, 3.05) is 19.6 Å². The van der Waals surface area contributed by atoms with Gasteiger partial charge in [0.05, 0.1) is 4.90 Å². The summed E-state index contributed by atoms with van der Waals surface area (Å²) in [7, 11) is -3.74. The van der Waals surface area contributed by atoms with E-state index in [0.717, 1.165) is 38.8 Å². The van der Waals surface area contributed by atoms with Crippen molar-refractivity contribution >= 4 is 21.8 Å². The largest absolute Gasteiger partial charge is 0.481 e. The van der Waals surface area contributed by atoms with Crippen LogP contribution in [0.1, 0.15) is 62.2 Å². The molecule has 31 heavy (non-hydrogen) atoms. The number of sulfonamides is 1. The first-order valence-electron chi connectivity index (χ1n) is 11.4. The smallest absolute Gasteiger partial charge is 0.303 e. The fourth-order valence-electron chi connectivity index (χ4n) is 6.05. The summed E-state index contributed by atoms with van der Waals surface area (Å²) in [6.07, 6.45) is 5.28. The Hall–Kier alpha value is -1.77. The third kappa shape index (κ3) is 4.43. The molecule has 3 aliphatic heterocycles. The van der Waals surface area contributed by atoms with Crippen LogP contribution in [0.25, 0.3) is 0 Å². The van der Waals surface area contributed by atoms with Crippen LogP contribution in [0.15, 0.2) is 29.2 Å². The second kappa shape index (κ2) is 9.00. The molecule has 3 fully saturated rings. The lowest BCUT2D eigenvalue weighted by Gasteiger charge is -2.57. The molecule has 0 unspecified atom stereocenters. The van der Waals surface area contributed by atoms with Crippen LogP contribution in [0.4, 0.5) is 0 Å². The van der Waals surface area contributed by atoms with Gasteiger partial charge in [0.2, 0.25) is 10.0 Å². The molecule has 1 N–H and O–H groups in total. The van der Waals surface area contributed by atoms with Crippen LogP contribution in [-0.4, -0.2) is 66.2 Å². The maximum absolute atomic E-state index is 13.7. The highest BCUT2D eigenvalue weighted by molar-refractivity contribution is 7.89. The van der Waals surface area contributed by atoms with Gasteiger partial charge in [-0.1, -0.05) is 12.1 Å². The molecule has 0 spiro atoms. The summed E-state index contributed by atoms with van der Waals surface area (Å²) >= 11 is 0. The van der Waals surface area contributed by atoms with E-state index in [1.165, 1.54) is 19.1 Å². The number of aliphatic carboxylic acids is 1. The van der Waals surface area contributed by atoms with E-state index in [2.05, 4.69) is 4.90 Å². The van der Waals surface area contributed by atoms with Gasteiger partial charge >= 0.3 is 5.97 Å². The van der Waals surface area contributed by atoms with E-state index in [1.54, 1.807) is 16.4 Å². The van der Waals surface area contributed by atoms with Crippen LogP contribution in [0, 0.1) is 11.8 Å². The van der Waals surface area contributed by atoms with Crippen molar-refractivity contribution in [1.82, 2.24) is 9.21 Å². The summed E-state index contributed by atoms with van der Waals surface area (Å²) in [6, 6.07) is 6.43. The van der Waals surface area contributed by atoms with Gasteiger partial charge in [0.15, 0.2) is 5.78 Å². The number of nitrogens with zero attached hydrogens (tertiary/aromatic N) is 2. The Labute approximate surface area is 184 Å². The standard InChI is InChI=1S/C23H32N2O5S/c1-16(26)17-9-11-19(12-10-17)31(29,30)25-15-18-5-3-13-24-14-4-6-20(23(18)24)21(25)7-2-8-22(27)28/h9-12,18,20-21,23H,2-8,13-15H2,1H3,(H,27,28)/t18-,20+,21+,23-/m0/s1. The van der Waals surface area contributed by atoms with E-state index >= 15 is 0 Å². The number of rotatable bonds is 7. The number of hydrogen-bond donors (Lipinski definition) is 1. The van der Waals surface area contributed by atoms with E-state index in [1.807, 2.05) is 0 Å². The maximum Gasteiger partial charge on any atom is 0.303 e. The summed E-state index contributed by atoms with van der Waals surface area (Å²) in [5.74, 6) is -0.374. The molecule has 4 rings (SSSR count). The first-order valence-corrected chi connectivity index (χ1v) is 12.8. The molecule has 0 radical (unpaired) electrons. The number of carbonyl (C=O) groups is 2. The average molecular weight is 449 g/mol. The first-order chi connectivity index (χ1) is 14.8. The van der Waals surface area contributed by atoms with Gasteiger partial charge in [0, 0.05) is 30.6 Å². The molecule has 3 heterocycles. The Balaban J connectivity index is 1.66. The van der Waals surface area contributed by atoms with Crippen molar-refractivity contribution < 1.29 is 23.1 Å². The predicted molar refractivity (Wildman–Crippen MR) is 116 cm³/mol. The Kier molecular flexibility index (Phi) is 6.51. The minimum absolute atomic E-state index is 0.0578. The number of benzene rings is 1.